The summed E-state index contributed by atoms with van der Waals surface area (Å²) >= 11 is 1.47. The lowest BCUT2D eigenvalue weighted by Gasteiger charge is -2.33. The standard InChI is InChI=1S/C21H25NO4S/c1-21(2,3)13-7-10-15-16(11-13)27-19(17(15)20(25)26-4)22-18(24)12-5-8-14(23)9-6-12/h5-6,8-9,13,23H,7,10-11H2,1-4H3,(H,22,24). The van der Waals surface area contributed by atoms with E-state index in [2.05, 4.69) is 26.1 Å². The van der Waals surface area contributed by atoms with Crippen LogP contribution in [0.5, 0.6) is 5.75 Å². The Hall–Kier alpha value is -2.34. The van der Waals surface area contributed by atoms with Crippen molar-refractivity contribution in [3.63, 3.8) is 0 Å². The number of benzene rings is 1. The molecule has 1 aliphatic rings. The maximum atomic E-state index is 12.6. The maximum Gasteiger partial charge on any atom is 0.341 e. The van der Waals surface area contributed by atoms with Crippen LogP contribution in [-0.2, 0) is 17.6 Å². The molecule has 1 atom stereocenters. The normalized spacial score (nSPS) is 16.5. The largest absolute Gasteiger partial charge is 0.508 e. The molecule has 0 spiro atoms. The Morgan fingerprint density at radius 1 is 1.22 bits per heavy atom. The molecule has 0 aliphatic heterocycles. The number of fused-ring (bicyclic) bond motifs is 1. The Balaban J connectivity index is 1.93. The second-order valence-corrected chi connectivity index (χ2v) is 9.11. The molecule has 0 saturated heterocycles. The second-order valence-electron chi connectivity index (χ2n) is 8.01. The average molecular weight is 388 g/mol. The summed E-state index contributed by atoms with van der Waals surface area (Å²) in [5.41, 5.74) is 2.11. The van der Waals surface area contributed by atoms with E-state index in [4.69, 9.17) is 4.74 Å². The van der Waals surface area contributed by atoms with E-state index < -0.39 is 5.97 Å². The van der Waals surface area contributed by atoms with Gasteiger partial charge in [-0.1, -0.05) is 20.8 Å². The smallest absolute Gasteiger partial charge is 0.341 e. The van der Waals surface area contributed by atoms with E-state index >= 15 is 0 Å². The van der Waals surface area contributed by atoms with Crippen molar-refractivity contribution in [1.82, 2.24) is 0 Å². The van der Waals surface area contributed by atoms with Crippen molar-refractivity contribution < 1.29 is 19.4 Å². The van der Waals surface area contributed by atoms with Crippen LogP contribution in [0, 0.1) is 11.3 Å². The fourth-order valence-corrected chi connectivity index (χ4v) is 4.83. The van der Waals surface area contributed by atoms with Crippen molar-refractivity contribution in [2.75, 3.05) is 12.4 Å². The molecule has 1 unspecified atom stereocenters. The fourth-order valence-electron chi connectivity index (χ4n) is 3.52. The van der Waals surface area contributed by atoms with Gasteiger partial charge in [0.2, 0.25) is 0 Å². The van der Waals surface area contributed by atoms with Crippen LogP contribution in [0.1, 0.15) is 58.3 Å². The van der Waals surface area contributed by atoms with Crippen molar-refractivity contribution in [3.8, 4) is 5.75 Å². The number of hydrogen-bond acceptors (Lipinski definition) is 5. The number of phenols is 1. The predicted molar refractivity (Wildman–Crippen MR) is 107 cm³/mol. The summed E-state index contributed by atoms with van der Waals surface area (Å²) in [7, 11) is 1.36. The molecule has 0 bridgehead atoms. The van der Waals surface area contributed by atoms with Crippen molar-refractivity contribution in [2.45, 2.75) is 40.0 Å². The number of hydrogen-bond donors (Lipinski definition) is 2. The summed E-state index contributed by atoms with van der Waals surface area (Å²) in [5, 5.41) is 12.8. The number of carbonyl (C=O) groups excluding carboxylic acids is 2. The van der Waals surface area contributed by atoms with Gasteiger partial charge in [-0.05, 0) is 60.4 Å². The molecule has 6 heteroatoms. The summed E-state index contributed by atoms with van der Waals surface area (Å²) < 4.78 is 4.98. The van der Waals surface area contributed by atoms with E-state index in [1.165, 1.54) is 30.6 Å². The van der Waals surface area contributed by atoms with Crippen LogP contribution < -0.4 is 5.32 Å². The molecule has 0 saturated carbocycles. The molecule has 1 aliphatic carbocycles. The molecular formula is C21H25NO4S. The molecule has 3 rings (SSSR count). The lowest BCUT2D eigenvalue weighted by atomic mass is 9.72. The lowest BCUT2D eigenvalue weighted by Crippen LogP contribution is -2.26. The number of ether oxygens (including phenoxy) is 1. The average Bonchev–Trinajstić information content (AvgIpc) is 2.97. The van der Waals surface area contributed by atoms with Crippen molar-refractivity contribution in [2.24, 2.45) is 11.3 Å². The van der Waals surface area contributed by atoms with Gasteiger partial charge in [-0.15, -0.1) is 11.3 Å². The van der Waals surface area contributed by atoms with Crippen molar-refractivity contribution in [3.05, 3.63) is 45.8 Å². The quantitative estimate of drug-likeness (QED) is 0.752. The number of thiophene rings is 1. The minimum absolute atomic E-state index is 0.0987. The van der Waals surface area contributed by atoms with E-state index in [-0.39, 0.29) is 17.1 Å². The number of amides is 1. The molecule has 1 aromatic heterocycles. The topological polar surface area (TPSA) is 75.6 Å². The number of aromatic hydroxyl groups is 1. The summed E-state index contributed by atoms with van der Waals surface area (Å²) in [6.45, 7) is 6.72. The Labute approximate surface area is 163 Å². The summed E-state index contributed by atoms with van der Waals surface area (Å²) in [4.78, 5) is 26.2. The molecule has 27 heavy (non-hydrogen) atoms. The highest BCUT2D eigenvalue weighted by molar-refractivity contribution is 7.17. The van der Waals surface area contributed by atoms with Crippen molar-refractivity contribution in [1.29, 1.82) is 0 Å². The molecule has 5 nitrogen and oxygen atoms in total. The molecule has 1 amide bonds. The van der Waals surface area contributed by atoms with Crippen LogP contribution in [0.3, 0.4) is 0 Å². The highest BCUT2D eigenvalue weighted by Gasteiger charge is 2.34. The Bertz CT molecular complexity index is 862. The zero-order chi connectivity index (χ0) is 19.8. The fraction of sp³-hybridized carbons (Fsp3) is 0.429. The first-order valence-corrected chi connectivity index (χ1v) is 9.85. The molecule has 0 fully saturated rings. The van der Waals surface area contributed by atoms with Crippen LogP contribution in [0.2, 0.25) is 0 Å². The molecule has 1 aromatic carbocycles. The third-order valence-corrected chi connectivity index (χ3v) is 6.41. The number of esters is 1. The van der Waals surface area contributed by atoms with Gasteiger partial charge in [0.1, 0.15) is 10.8 Å². The minimum Gasteiger partial charge on any atom is -0.508 e. The molecular weight excluding hydrogens is 362 g/mol. The van der Waals surface area contributed by atoms with Gasteiger partial charge in [0.15, 0.2) is 0 Å². The number of methoxy groups -OCH3 is 1. The second kappa shape index (κ2) is 7.35. The number of rotatable bonds is 3. The van der Waals surface area contributed by atoms with E-state index in [9.17, 15) is 14.7 Å². The molecule has 2 aromatic rings. The van der Waals surface area contributed by atoms with Crippen molar-refractivity contribution >= 4 is 28.2 Å². The van der Waals surface area contributed by atoms with Gasteiger partial charge in [0.05, 0.1) is 12.7 Å². The number of anilines is 1. The summed E-state index contributed by atoms with van der Waals surface area (Å²) in [6, 6.07) is 6.02. The van der Waals surface area contributed by atoms with Gasteiger partial charge in [0.25, 0.3) is 5.91 Å². The molecule has 144 valence electrons. The monoisotopic (exact) mass is 387 g/mol. The predicted octanol–water partition coefficient (Wildman–Crippen LogP) is 4.64. The van der Waals surface area contributed by atoms with E-state index in [0.29, 0.717) is 22.0 Å². The van der Waals surface area contributed by atoms with Gasteiger partial charge in [-0.25, -0.2) is 4.79 Å². The summed E-state index contributed by atoms with van der Waals surface area (Å²) in [6.07, 6.45) is 2.73. The molecule has 2 N–H and O–H groups in total. The zero-order valence-electron chi connectivity index (χ0n) is 16.1. The molecule has 0 radical (unpaired) electrons. The van der Waals surface area contributed by atoms with Crippen LogP contribution >= 0.6 is 11.3 Å². The minimum atomic E-state index is -0.414. The third kappa shape index (κ3) is 4.00. The Kier molecular flexibility index (Phi) is 5.29. The number of carbonyl (C=O) groups is 2. The van der Waals surface area contributed by atoms with Gasteiger partial charge in [-0.2, -0.15) is 0 Å². The number of nitrogens with one attached hydrogen (secondary N) is 1. The van der Waals surface area contributed by atoms with Gasteiger partial charge < -0.3 is 15.2 Å². The zero-order valence-corrected chi connectivity index (χ0v) is 16.9. The van der Waals surface area contributed by atoms with Gasteiger partial charge >= 0.3 is 5.97 Å². The van der Waals surface area contributed by atoms with E-state index in [1.54, 1.807) is 12.1 Å². The van der Waals surface area contributed by atoms with Crippen LogP contribution in [0.15, 0.2) is 24.3 Å². The maximum absolute atomic E-state index is 12.6. The Morgan fingerprint density at radius 2 is 1.89 bits per heavy atom. The SMILES string of the molecule is COC(=O)c1c(NC(=O)c2ccc(O)cc2)sc2c1CCC(C(C)(C)C)C2. The highest BCUT2D eigenvalue weighted by atomic mass is 32.1. The number of phenolic OH excluding ortho intramolecular Hbond substituents is 1. The lowest BCUT2D eigenvalue weighted by molar-refractivity contribution is 0.0600. The molecule has 1 heterocycles. The first-order chi connectivity index (χ1) is 12.7. The highest BCUT2D eigenvalue weighted by Crippen LogP contribution is 2.44. The Morgan fingerprint density at radius 3 is 2.48 bits per heavy atom. The van der Waals surface area contributed by atoms with E-state index in [1.807, 2.05) is 0 Å². The van der Waals surface area contributed by atoms with E-state index in [0.717, 1.165) is 29.7 Å². The van der Waals surface area contributed by atoms with Gasteiger partial charge in [0, 0.05) is 10.4 Å². The summed E-state index contributed by atoms with van der Waals surface area (Å²) in [5.74, 6) is -0.0924. The first kappa shape index (κ1) is 19.4. The van der Waals surface area contributed by atoms with Crippen LogP contribution in [0.4, 0.5) is 5.00 Å². The van der Waals surface area contributed by atoms with Gasteiger partial charge in [-0.3, -0.25) is 4.79 Å². The van der Waals surface area contributed by atoms with Crippen LogP contribution in [-0.4, -0.2) is 24.1 Å². The first-order valence-electron chi connectivity index (χ1n) is 9.04. The van der Waals surface area contributed by atoms with Crippen LogP contribution in [0.25, 0.3) is 0 Å². The third-order valence-electron chi connectivity index (χ3n) is 5.24.